The number of carbonyl (C=O) groups excluding carboxylic acids is 1. The fourth-order valence-corrected chi connectivity index (χ4v) is 4.85. The van der Waals surface area contributed by atoms with Gasteiger partial charge in [-0.1, -0.05) is 36.4 Å². The van der Waals surface area contributed by atoms with Crippen LogP contribution >= 0.6 is 0 Å². The molecule has 0 spiro atoms. The number of ether oxygens (including phenoxy) is 1. The van der Waals surface area contributed by atoms with E-state index in [2.05, 4.69) is 28.1 Å². The Morgan fingerprint density at radius 1 is 1.00 bits per heavy atom. The molecule has 0 aliphatic carbocycles. The Balaban J connectivity index is 1.32. The summed E-state index contributed by atoms with van der Waals surface area (Å²) in [6.45, 7) is 3.74. The van der Waals surface area contributed by atoms with E-state index in [0.717, 1.165) is 59.6 Å². The number of aromatic nitrogens is 1. The molecule has 0 atom stereocenters. The van der Waals surface area contributed by atoms with Crippen molar-refractivity contribution >= 4 is 22.5 Å². The first kappa shape index (κ1) is 23.1. The third-order valence-electron chi connectivity index (χ3n) is 6.71. The van der Waals surface area contributed by atoms with E-state index in [1.807, 2.05) is 42.3 Å². The summed E-state index contributed by atoms with van der Waals surface area (Å²) in [5.41, 5.74) is 6.27. The number of hydrogen-bond acceptors (Lipinski definition) is 3. The number of morpholine rings is 1. The van der Waals surface area contributed by atoms with Gasteiger partial charge in [0, 0.05) is 55.4 Å². The van der Waals surface area contributed by atoms with E-state index in [0.29, 0.717) is 19.4 Å². The van der Waals surface area contributed by atoms with Crippen molar-refractivity contribution in [3.63, 3.8) is 0 Å². The second-order valence-electron chi connectivity index (χ2n) is 9.01. The van der Waals surface area contributed by atoms with Gasteiger partial charge in [0.05, 0.1) is 13.2 Å². The van der Waals surface area contributed by atoms with Crippen LogP contribution in [0.4, 0.5) is 10.1 Å². The van der Waals surface area contributed by atoms with Crippen molar-refractivity contribution in [1.29, 1.82) is 0 Å². The first-order chi connectivity index (χ1) is 17.1. The lowest BCUT2D eigenvalue weighted by atomic mass is 10.0. The van der Waals surface area contributed by atoms with Gasteiger partial charge < -0.3 is 19.5 Å². The van der Waals surface area contributed by atoms with E-state index < -0.39 is 0 Å². The molecule has 6 heteroatoms. The number of aryl methyl sites for hydroxylation is 1. The highest BCUT2D eigenvalue weighted by Crippen LogP contribution is 2.32. The average molecular weight is 472 g/mol. The molecule has 5 rings (SSSR count). The molecule has 0 bridgehead atoms. The normalized spacial score (nSPS) is 13.8. The number of carbonyl (C=O) groups is 1. The van der Waals surface area contributed by atoms with Crippen molar-refractivity contribution < 1.29 is 13.9 Å². The molecule has 180 valence electrons. The van der Waals surface area contributed by atoms with Gasteiger partial charge in [-0.15, -0.1) is 0 Å². The number of amides is 1. The molecule has 0 unspecified atom stereocenters. The third-order valence-corrected chi connectivity index (χ3v) is 6.71. The van der Waals surface area contributed by atoms with Gasteiger partial charge in [0.15, 0.2) is 0 Å². The molecule has 1 saturated heterocycles. The van der Waals surface area contributed by atoms with Gasteiger partial charge in [-0.25, -0.2) is 4.39 Å². The summed E-state index contributed by atoms with van der Waals surface area (Å²) >= 11 is 0. The van der Waals surface area contributed by atoms with Gasteiger partial charge in [0.2, 0.25) is 5.91 Å². The third kappa shape index (κ3) is 5.08. The Bertz CT molecular complexity index is 1310. The Kier molecular flexibility index (Phi) is 6.82. The van der Waals surface area contributed by atoms with Crippen LogP contribution in [0.1, 0.15) is 17.5 Å². The zero-order valence-electron chi connectivity index (χ0n) is 20.0. The Morgan fingerprint density at radius 3 is 2.51 bits per heavy atom. The summed E-state index contributed by atoms with van der Waals surface area (Å²) < 4.78 is 19.0. The zero-order chi connectivity index (χ0) is 24.2. The van der Waals surface area contributed by atoms with E-state index >= 15 is 0 Å². The molecular formula is C29H30FN3O2. The molecule has 1 N–H and O–H groups in total. The van der Waals surface area contributed by atoms with E-state index in [4.69, 9.17) is 4.74 Å². The average Bonchev–Trinajstić information content (AvgIpc) is 3.27. The van der Waals surface area contributed by atoms with Gasteiger partial charge in [-0.2, -0.15) is 0 Å². The van der Waals surface area contributed by atoms with E-state index in [1.165, 1.54) is 17.8 Å². The maximum absolute atomic E-state index is 13.5. The van der Waals surface area contributed by atoms with Crippen LogP contribution in [0.2, 0.25) is 0 Å². The Hall–Kier alpha value is -3.64. The summed E-state index contributed by atoms with van der Waals surface area (Å²) in [5, 5.41) is 1.10. The summed E-state index contributed by atoms with van der Waals surface area (Å²) in [6.07, 6.45) is 0.997. The van der Waals surface area contributed by atoms with Crippen molar-refractivity contribution in [2.75, 3.05) is 38.3 Å². The molecule has 5 nitrogen and oxygen atoms in total. The largest absolute Gasteiger partial charge is 0.378 e. The number of hydrogen-bond donors (Lipinski definition) is 1. The number of benzene rings is 3. The van der Waals surface area contributed by atoms with Gasteiger partial charge in [0.1, 0.15) is 5.82 Å². The number of H-pyrrole nitrogens is 1. The van der Waals surface area contributed by atoms with Crippen LogP contribution in [0.5, 0.6) is 0 Å². The molecule has 3 aromatic carbocycles. The number of nitrogens with one attached hydrogen (secondary N) is 1. The van der Waals surface area contributed by atoms with Gasteiger partial charge in [-0.3, -0.25) is 4.79 Å². The predicted octanol–water partition coefficient (Wildman–Crippen LogP) is 5.40. The number of anilines is 1. The molecule has 1 fully saturated rings. The maximum atomic E-state index is 13.5. The van der Waals surface area contributed by atoms with E-state index in [-0.39, 0.29) is 11.7 Å². The number of halogens is 1. The molecule has 0 saturated carbocycles. The highest BCUT2D eigenvalue weighted by Gasteiger charge is 2.19. The highest BCUT2D eigenvalue weighted by atomic mass is 19.1. The molecule has 1 amide bonds. The van der Waals surface area contributed by atoms with Crippen molar-refractivity contribution in [1.82, 2.24) is 9.88 Å². The standard InChI is InChI=1S/C29H30FN3O2/c1-32(20-22-6-2-5-9-27(22)33-16-18-35-19-17-33)28(34)15-14-25-24-7-3-4-8-26(24)31-29(25)21-10-12-23(30)13-11-21/h2-13,31H,14-20H2,1H3. The number of fused-ring (bicyclic) bond motifs is 1. The SMILES string of the molecule is CN(Cc1ccccc1N1CCOCC1)C(=O)CCc1c(-c2ccc(F)cc2)[nH]c2ccccc12. The first-order valence-electron chi connectivity index (χ1n) is 12.1. The van der Waals surface area contributed by atoms with Crippen LogP contribution in [-0.4, -0.2) is 49.1 Å². The highest BCUT2D eigenvalue weighted by molar-refractivity contribution is 5.91. The van der Waals surface area contributed by atoms with Gasteiger partial charge >= 0.3 is 0 Å². The Morgan fingerprint density at radius 2 is 1.71 bits per heavy atom. The molecule has 4 aromatic rings. The molecular weight excluding hydrogens is 441 g/mol. The maximum Gasteiger partial charge on any atom is 0.222 e. The monoisotopic (exact) mass is 471 g/mol. The lowest BCUT2D eigenvalue weighted by Crippen LogP contribution is -2.37. The second-order valence-corrected chi connectivity index (χ2v) is 9.01. The zero-order valence-corrected chi connectivity index (χ0v) is 20.0. The summed E-state index contributed by atoms with van der Waals surface area (Å²) in [4.78, 5) is 20.8. The van der Waals surface area contributed by atoms with Crippen LogP contribution in [0.25, 0.3) is 22.2 Å². The van der Waals surface area contributed by atoms with Crippen LogP contribution in [-0.2, 0) is 22.5 Å². The van der Waals surface area contributed by atoms with Crippen LogP contribution in [0, 0.1) is 5.82 Å². The minimum atomic E-state index is -0.263. The van der Waals surface area contributed by atoms with Gasteiger partial charge in [0.25, 0.3) is 0 Å². The Labute approximate surface area is 205 Å². The van der Waals surface area contributed by atoms with Crippen molar-refractivity contribution in [2.24, 2.45) is 0 Å². The van der Waals surface area contributed by atoms with Crippen LogP contribution < -0.4 is 4.90 Å². The molecule has 0 radical (unpaired) electrons. The predicted molar refractivity (Wildman–Crippen MR) is 138 cm³/mol. The topological polar surface area (TPSA) is 48.6 Å². The quantitative estimate of drug-likeness (QED) is 0.393. The van der Waals surface area contributed by atoms with Gasteiger partial charge in [-0.05, 0) is 59.5 Å². The number of para-hydroxylation sites is 2. The van der Waals surface area contributed by atoms with E-state index in [1.54, 1.807) is 12.1 Å². The lowest BCUT2D eigenvalue weighted by molar-refractivity contribution is -0.130. The molecule has 1 aromatic heterocycles. The van der Waals surface area contributed by atoms with Crippen molar-refractivity contribution in [3.05, 3.63) is 89.7 Å². The first-order valence-corrected chi connectivity index (χ1v) is 12.1. The number of aromatic amines is 1. The fourth-order valence-electron chi connectivity index (χ4n) is 4.85. The lowest BCUT2D eigenvalue weighted by Gasteiger charge is -2.31. The molecule has 1 aliphatic heterocycles. The van der Waals surface area contributed by atoms with Crippen LogP contribution in [0.15, 0.2) is 72.8 Å². The smallest absolute Gasteiger partial charge is 0.222 e. The van der Waals surface area contributed by atoms with Crippen LogP contribution in [0.3, 0.4) is 0 Å². The molecule has 2 heterocycles. The number of nitrogens with zero attached hydrogens (tertiary/aromatic N) is 2. The summed E-state index contributed by atoms with van der Waals surface area (Å²) in [6, 6.07) is 22.9. The minimum Gasteiger partial charge on any atom is -0.378 e. The summed E-state index contributed by atoms with van der Waals surface area (Å²) in [7, 11) is 1.87. The van der Waals surface area contributed by atoms with E-state index in [9.17, 15) is 9.18 Å². The fraction of sp³-hybridized carbons (Fsp3) is 0.276. The minimum absolute atomic E-state index is 0.0946. The number of rotatable bonds is 7. The molecule has 35 heavy (non-hydrogen) atoms. The molecule has 1 aliphatic rings. The van der Waals surface area contributed by atoms with Crippen molar-refractivity contribution in [2.45, 2.75) is 19.4 Å². The van der Waals surface area contributed by atoms with Crippen molar-refractivity contribution in [3.8, 4) is 11.3 Å². The summed E-state index contributed by atoms with van der Waals surface area (Å²) in [5.74, 6) is -0.169. The second kappa shape index (κ2) is 10.3.